The average Bonchev–Trinajstić information content (AvgIpc) is 3.38. The van der Waals surface area contributed by atoms with Crippen LogP contribution >= 0.6 is 0 Å². The lowest BCUT2D eigenvalue weighted by Gasteiger charge is -2.23. The Morgan fingerprint density at radius 2 is 1.67 bits per heavy atom. The first-order chi connectivity index (χ1) is 15.8. The van der Waals surface area contributed by atoms with Crippen molar-refractivity contribution in [3.63, 3.8) is 0 Å². The number of ketones is 1. The largest absolute Gasteiger partial charge is 0.507 e. The van der Waals surface area contributed by atoms with Gasteiger partial charge in [0.1, 0.15) is 17.3 Å². The van der Waals surface area contributed by atoms with Crippen molar-refractivity contribution in [3.8, 4) is 5.75 Å². The van der Waals surface area contributed by atoms with Crippen molar-refractivity contribution >= 4 is 29.2 Å². The number of methoxy groups -OCH3 is 2. The van der Waals surface area contributed by atoms with E-state index in [0.717, 1.165) is 0 Å². The summed E-state index contributed by atoms with van der Waals surface area (Å²) in [6.07, 6.45) is 0. The van der Waals surface area contributed by atoms with E-state index in [1.54, 1.807) is 43.3 Å². The summed E-state index contributed by atoms with van der Waals surface area (Å²) in [5, 5.41) is 15.0. The molecule has 2 aromatic carbocycles. The van der Waals surface area contributed by atoms with E-state index >= 15 is 0 Å². The molecule has 0 saturated carbocycles. The van der Waals surface area contributed by atoms with Gasteiger partial charge in [-0.1, -0.05) is 17.3 Å². The van der Waals surface area contributed by atoms with E-state index in [0.29, 0.717) is 28.2 Å². The minimum Gasteiger partial charge on any atom is -0.507 e. The van der Waals surface area contributed by atoms with Crippen LogP contribution in [0.4, 0.5) is 5.82 Å². The van der Waals surface area contributed by atoms with E-state index in [4.69, 9.17) is 14.0 Å². The van der Waals surface area contributed by atoms with Crippen LogP contribution in [0.15, 0.2) is 64.7 Å². The number of anilines is 1. The number of benzene rings is 2. The number of esters is 1. The van der Waals surface area contributed by atoms with E-state index in [-0.39, 0.29) is 17.2 Å². The molecule has 1 aliphatic rings. The summed E-state index contributed by atoms with van der Waals surface area (Å²) in [6.45, 7) is 1.66. The molecule has 9 heteroatoms. The van der Waals surface area contributed by atoms with Crippen molar-refractivity contribution in [1.82, 2.24) is 5.16 Å². The Morgan fingerprint density at radius 3 is 2.21 bits per heavy atom. The molecule has 1 atom stereocenters. The van der Waals surface area contributed by atoms with Crippen molar-refractivity contribution in [1.29, 1.82) is 0 Å². The van der Waals surface area contributed by atoms with Crippen LogP contribution in [0.5, 0.6) is 5.75 Å². The number of carbonyl (C=O) groups excluding carboxylic acids is 3. The summed E-state index contributed by atoms with van der Waals surface area (Å²) >= 11 is 0. The van der Waals surface area contributed by atoms with E-state index < -0.39 is 23.7 Å². The molecule has 1 fully saturated rings. The number of carbonyl (C=O) groups is 3. The number of Topliss-reactive ketones (excluding diaryl/α,β-unsaturated/α-hetero) is 1. The summed E-state index contributed by atoms with van der Waals surface area (Å²) < 4.78 is 15.0. The summed E-state index contributed by atoms with van der Waals surface area (Å²) in [7, 11) is 2.78. The fourth-order valence-corrected chi connectivity index (χ4v) is 3.67. The minimum atomic E-state index is -0.997. The highest BCUT2D eigenvalue weighted by atomic mass is 16.5. The fourth-order valence-electron chi connectivity index (χ4n) is 3.67. The highest BCUT2D eigenvalue weighted by Crippen LogP contribution is 2.42. The quantitative estimate of drug-likeness (QED) is 0.273. The van der Waals surface area contributed by atoms with E-state index in [2.05, 4.69) is 5.16 Å². The van der Waals surface area contributed by atoms with Crippen LogP contribution < -0.4 is 9.64 Å². The van der Waals surface area contributed by atoms with Crippen molar-refractivity contribution in [2.45, 2.75) is 13.0 Å². The van der Waals surface area contributed by atoms with Gasteiger partial charge in [0.25, 0.3) is 5.78 Å². The predicted octanol–water partition coefficient (Wildman–Crippen LogP) is 3.40. The van der Waals surface area contributed by atoms with Crippen LogP contribution in [-0.2, 0) is 14.3 Å². The average molecular weight is 448 g/mol. The highest BCUT2D eigenvalue weighted by Gasteiger charge is 2.48. The Hall–Kier alpha value is -4.40. The molecule has 1 saturated heterocycles. The Morgan fingerprint density at radius 1 is 1.03 bits per heavy atom. The fraction of sp³-hybridized carbons (Fsp3) is 0.167. The maximum absolute atomic E-state index is 13.1. The molecule has 2 heterocycles. The predicted molar refractivity (Wildman–Crippen MR) is 117 cm³/mol. The molecular formula is C24H20N2O7. The Balaban J connectivity index is 1.88. The molecule has 1 aromatic heterocycles. The highest BCUT2D eigenvalue weighted by molar-refractivity contribution is 6.51. The van der Waals surface area contributed by atoms with Crippen LogP contribution in [0.1, 0.15) is 33.3 Å². The molecule has 1 N–H and O–H groups in total. The zero-order valence-corrected chi connectivity index (χ0v) is 18.1. The number of nitrogens with zero attached hydrogens (tertiary/aromatic N) is 2. The molecule has 4 rings (SSSR count). The van der Waals surface area contributed by atoms with Crippen LogP contribution in [0.25, 0.3) is 5.76 Å². The van der Waals surface area contributed by atoms with Crippen LogP contribution in [0.2, 0.25) is 0 Å². The number of aliphatic hydroxyl groups is 1. The van der Waals surface area contributed by atoms with Gasteiger partial charge in [-0.3, -0.25) is 14.5 Å². The summed E-state index contributed by atoms with van der Waals surface area (Å²) in [6, 6.07) is 13.2. The number of hydrogen-bond acceptors (Lipinski definition) is 8. The molecule has 9 nitrogen and oxygen atoms in total. The van der Waals surface area contributed by atoms with Crippen molar-refractivity contribution in [3.05, 3.63) is 82.6 Å². The Labute approximate surface area is 188 Å². The molecule has 168 valence electrons. The lowest BCUT2D eigenvalue weighted by Crippen LogP contribution is -2.29. The molecule has 0 spiro atoms. The van der Waals surface area contributed by atoms with Gasteiger partial charge in [0.2, 0.25) is 0 Å². The number of rotatable bonds is 5. The van der Waals surface area contributed by atoms with Crippen LogP contribution in [0.3, 0.4) is 0 Å². The SMILES string of the molecule is COC(=O)c1ccc([C@@H]2C(=C(O)c3ccc(OC)cc3)C(=O)C(=O)N2c2cc(C)on2)cc1. The number of hydrogen-bond donors (Lipinski definition) is 1. The Bertz CT molecular complexity index is 1260. The number of aryl methyl sites for hydroxylation is 1. The first-order valence-electron chi connectivity index (χ1n) is 9.92. The lowest BCUT2D eigenvalue weighted by atomic mass is 9.94. The van der Waals surface area contributed by atoms with Gasteiger partial charge in [0.15, 0.2) is 5.82 Å². The molecule has 1 aliphatic heterocycles. The zero-order chi connectivity index (χ0) is 23.7. The van der Waals surface area contributed by atoms with E-state index in [9.17, 15) is 19.5 Å². The standard InChI is InChI=1S/C24H20N2O7/c1-13-12-18(25-33-13)26-20(14-4-6-16(7-5-14)24(30)32-3)19(22(28)23(26)29)21(27)15-8-10-17(31-2)11-9-15/h4-12,20,27H,1-3H3/t20-/m1/s1. The summed E-state index contributed by atoms with van der Waals surface area (Å²) in [5.74, 6) is -1.46. The van der Waals surface area contributed by atoms with Gasteiger partial charge in [-0.2, -0.15) is 0 Å². The van der Waals surface area contributed by atoms with Gasteiger partial charge in [0.05, 0.1) is 31.4 Å². The minimum absolute atomic E-state index is 0.114. The normalized spacial score (nSPS) is 17.3. The number of aromatic nitrogens is 1. The van der Waals surface area contributed by atoms with Crippen molar-refractivity contribution < 1.29 is 33.5 Å². The third-order valence-electron chi connectivity index (χ3n) is 5.32. The number of ether oxygens (including phenoxy) is 2. The molecule has 33 heavy (non-hydrogen) atoms. The van der Waals surface area contributed by atoms with Crippen LogP contribution in [0, 0.1) is 6.92 Å². The van der Waals surface area contributed by atoms with Gasteiger partial charge >= 0.3 is 11.9 Å². The molecule has 0 bridgehead atoms. The third-order valence-corrected chi connectivity index (χ3v) is 5.32. The van der Waals surface area contributed by atoms with Crippen molar-refractivity contribution in [2.24, 2.45) is 0 Å². The Kier molecular flexibility index (Phi) is 5.70. The monoisotopic (exact) mass is 448 g/mol. The number of amides is 1. The van der Waals surface area contributed by atoms with E-state index in [1.807, 2.05) is 0 Å². The van der Waals surface area contributed by atoms with Crippen LogP contribution in [-0.4, -0.2) is 42.1 Å². The maximum Gasteiger partial charge on any atom is 0.337 e. The molecule has 3 aromatic rings. The molecule has 1 amide bonds. The molecule has 0 unspecified atom stereocenters. The van der Waals surface area contributed by atoms with Crippen molar-refractivity contribution in [2.75, 3.05) is 19.1 Å². The molecular weight excluding hydrogens is 428 g/mol. The second-order valence-corrected chi connectivity index (χ2v) is 7.31. The van der Waals surface area contributed by atoms with Gasteiger partial charge in [0, 0.05) is 11.6 Å². The molecule has 0 aliphatic carbocycles. The summed E-state index contributed by atoms with van der Waals surface area (Å²) in [4.78, 5) is 39.1. The first kappa shape index (κ1) is 21.8. The lowest BCUT2D eigenvalue weighted by molar-refractivity contribution is -0.132. The third kappa shape index (κ3) is 3.84. The number of aliphatic hydroxyl groups excluding tert-OH is 1. The second kappa shape index (κ2) is 8.62. The van der Waals surface area contributed by atoms with E-state index in [1.165, 1.54) is 37.3 Å². The zero-order valence-electron chi connectivity index (χ0n) is 18.1. The second-order valence-electron chi connectivity index (χ2n) is 7.31. The summed E-state index contributed by atoms with van der Waals surface area (Å²) in [5.41, 5.74) is 1.00. The van der Waals surface area contributed by atoms with Gasteiger partial charge in [-0.25, -0.2) is 4.79 Å². The molecule has 0 radical (unpaired) electrons. The van der Waals surface area contributed by atoms with Gasteiger partial charge in [-0.05, 0) is 48.9 Å². The van der Waals surface area contributed by atoms with Gasteiger partial charge in [-0.15, -0.1) is 0 Å². The first-order valence-corrected chi connectivity index (χ1v) is 9.92. The topological polar surface area (TPSA) is 119 Å². The smallest absolute Gasteiger partial charge is 0.337 e. The van der Waals surface area contributed by atoms with Gasteiger partial charge < -0.3 is 19.1 Å². The maximum atomic E-state index is 13.1.